The number of benzene rings is 1. The van der Waals surface area contributed by atoms with E-state index in [4.69, 9.17) is 9.97 Å². The Labute approximate surface area is 121 Å². The van der Waals surface area contributed by atoms with E-state index in [1.54, 1.807) is 0 Å². The van der Waals surface area contributed by atoms with Crippen LogP contribution in [0.2, 0.25) is 0 Å². The molecule has 0 fully saturated rings. The van der Waals surface area contributed by atoms with Crippen molar-refractivity contribution in [2.75, 3.05) is 6.54 Å². The molecular formula is C17H25N3. The molecule has 0 spiro atoms. The van der Waals surface area contributed by atoms with Gasteiger partial charge in [-0.3, -0.25) is 0 Å². The van der Waals surface area contributed by atoms with Crippen LogP contribution in [0.4, 0.5) is 0 Å². The van der Waals surface area contributed by atoms with Crippen LogP contribution in [-0.2, 0) is 0 Å². The quantitative estimate of drug-likeness (QED) is 0.868. The van der Waals surface area contributed by atoms with Crippen LogP contribution in [0.1, 0.15) is 50.9 Å². The largest absolute Gasteiger partial charge is 0.314 e. The molecule has 3 heteroatoms. The van der Waals surface area contributed by atoms with Crippen LogP contribution < -0.4 is 5.32 Å². The van der Waals surface area contributed by atoms with Crippen LogP contribution >= 0.6 is 0 Å². The number of nitrogens with zero attached hydrogens (tertiary/aromatic N) is 2. The van der Waals surface area contributed by atoms with Crippen LogP contribution in [0.5, 0.6) is 0 Å². The monoisotopic (exact) mass is 271 g/mol. The van der Waals surface area contributed by atoms with Gasteiger partial charge in [0.05, 0.1) is 22.4 Å². The van der Waals surface area contributed by atoms with Gasteiger partial charge >= 0.3 is 0 Å². The zero-order valence-electron chi connectivity index (χ0n) is 13.0. The van der Waals surface area contributed by atoms with Crippen LogP contribution in [0, 0.1) is 6.92 Å². The minimum Gasteiger partial charge on any atom is -0.314 e. The average Bonchev–Trinajstić information content (AvgIpc) is 2.46. The molecule has 1 N–H and O–H groups in total. The van der Waals surface area contributed by atoms with Crippen molar-refractivity contribution in [3.8, 4) is 0 Å². The predicted molar refractivity (Wildman–Crippen MR) is 85.1 cm³/mol. The Bertz CT molecular complexity index is 565. The van der Waals surface area contributed by atoms with E-state index in [-0.39, 0.29) is 0 Å². The fourth-order valence-corrected chi connectivity index (χ4v) is 2.75. The Morgan fingerprint density at radius 3 is 2.35 bits per heavy atom. The molecule has 2 atom stereocenters. The lowest BCUT2D eigenvalue weighted by Gasteiger charge is -2.24. The maximum Gasteiger partial charge on any atom is 0.0890 e. The molecule has 2 unspecified atom stereocenters. The van der Waals surface area contributed by atoms with Crippen molar-refractivity contribution in [1.82, 2.24) is 15.3 Å². The highest BCUT2D eigenvalue weighted by Gasteiger charge is 2.21. The third-order valence-corrected chi connectivity index (χ3v) is 3.89. The molecule has 2 rings (SSSR count). The highest BCUT2D eigenvalue weighted by Crippen LogP contribution is 2.25. The minimum absolute atomic E-state index is 0.415. The number of rotatable bonds is 6. The van der Waals surface area contributed by atoms with Gasteiger partial charge in [0.1, 0.15) is 0 Å². The number of hydrogen-bond acceptors (Lipinski definition) is 3. The van der Waals surface area contributed by atoms with Gasteiger partial charge in [0, 0.05) is 12.0 Å². The Balaban J connectivity index is 2.35. The molecule has 1 heterocycles. The molecule has 2 aromatic rings. The molecule has 0 bridgehead atoms. The van der Waals surface area contributed by atoms with Crippen LogP contribution in [-0.4, -0.2) is 22.6 Å². The maximum atomic E-state index is 4.87. The van der Waals surface area contributed by atoms with Crippen molar-refractivity contribution in [3.63, 3.8) is 0 Å². The smallest absolute Gasteiger partial charge is 0.0890 e. The molecule has 0 aliphatic carbocycles. The first-order chi connectivity index (χ1) is 9.67. The van der Waals surface area contributed by atoms with Gasteiger partial charge in [-0.1, -0.05) is 26.0 Å². The second kappa shape index (κ2) is 6.80. The summed E-state index contributed by atoms with van der Waals surface area (Å²) in [6.45, 7) is 9.80. The summed E-state index contributed by atoms with van der Waals surface area (Å²) in [5.41, 5.74) is 4.18. The highest BCUT2D eigenvalue weighted by atomic mass is 14.9. The normalized spacial score (nSPS) is 14.4. The molecule has 1 aromatic heterocycles. The van der Waals surface area contributed by atoms with Gasteiger partial charge in [-0.2, -0.15) is 0 Å². The van der Waals surface area contributed by atoms with Gasteiger partial charge in [-0.05, 0) is 45.4 Å². The van der Waals surface area contributed by atoms with Crippen molar-refractivity contribution in [2.24, 2.45) is 0 Å². The summed E-state index contributed by atoms with van der Waals surface area (Å²) >= 11 is 0. The summed E-state index contributed by atoms with van der Waals surface area (Å²) in [6, 6.07) is 8.53. The summed E-state index contributed by atoms with van der Waals surface area (Å²) in [5, 5.41) is 3.59. The lowest BCUT2D eigenvalue weighted by atomic mass is 9.92. The lowest BCUT2D eigenvalue weighted by molar-refractivity contribution is 0.441. The maximum absolute atomic E-state index is 4.87. The van der Waals surface area contributed by atoms with E-state index in [1.807, 2.05) is 24.3 Å². The highest BCUT2D eigenvalue weighted by molar-refractivity contribution is 5.74. The van der Waals surface area contributed by atoms with Gasteiger partial charge in [0.2, 0.25) is 0 Å². The molecule has 0 saturated carbocycles. The summed E-state index contributed by atoms with van der Waals surface area (Å²) < 4.78 is 0. The molecule has 0 radical (unpaired) electrons. The van der Waals surface area contributed by atoms with Crippen molar-refractivity contribution in [2.45, 2.75) is 52.5 Å². The Morgan fingerprint density at radius 1 is 1.10 bits per heavy atom. The standard InChI is InChI=1S/C17H25N3/c1-5-11-18-12(3)14(6-2)17-13(4)19-15-9-7-8-10-16(15)20-17/h7-10,12,14,18H,5-6,11H2,1-4H3. The Kier molecular flexibility index (Phi) is 5.07. The number of aromatic nitrogens is 2. The molecule has 0 saturated heterocycles. The first-order valence-corrected chi connectivity index (χ1v) is 7.64. The molecular weight excluding hydrogens is 246 g/mol. The van der Waals surface area contributed by atoms with Crippen LogP contribution in [0.25, 0.3) is 11.0 Å². The van der Waals surface area contributed by atoms with Gasteiger partial charge in [0.25, 0.3) is 0 Å². The van der Waals surface area contributed by atoms with E-state index >= 15 is 0 Å². The third-order valence-electron chi connectivity index (χ3n) is 3.89. The molecule has 108 valence electrons. The van der Waals surface area contributed by atoms with Crippen molar-refractivity contribution in [1.29, 1.82) is 0 Å². The number of para-hydroxylation sites is 2. The van der Waals surface area contributed by atoms with E-state index < -0.39 is 0 Å². The molecule has 0 amide bonds. The summed E-state index contributed by atoms with van der Waals surface area (Å²) in [6.07, 6.45) is 2.23. The zero-order chi connectivity index (χ0) is 14.5. The van der Waals surface area contributed by atoms with E-state index in [2.05, 4.69) is 33.0 Å². The molecule has 0 aliphatic heterocycles. The summed E-state index contributed by atoms with van der Waals surface area (Å²) in [7, 11) is 0. The minimum atomic E-state index is 0.415. The predicted octanol–water partition coefficient (Wildman–Crippen LogP) is 3.82. The lowest BCUT2D eigenvalue weighted by Crippen LogP contribution is -2.33. The molecule has 1 aromatic carbocycles. The SMILES string of the molecule is CCCNC(C)C(CC)c1nc2ccccc2nc1C. The Morgan fingerprint density at radius 2 is 1.75 bits per heavy atom. The number of fused-ring (bicyclic) bond motifs is 1. The second-order valence-corrected chi connectivity index (χ2v) is 5.44. The van der Waals surface area contributed by atoms with E-state index in [0.717, 1.165) is 41.8 Å². The third kappa shape index (κ3) is 3.15. The fraction of sp³-hybridized carbons (Fsp3) is 0.529. The van der Waals surface area contributed by atoms with Gasteiger partial charge in [-0.25, -0.2) is 9.97 Å². The summed E-state index contributed by atoms with van der Waals surface area (Å²) in [5.74, 6) is 0.415. The Hall–Kier alpha value is -1.48. The van der Waals surface area contributed by atoms with Gasteiger partial charge < -0.3 is 5.32 Å². The topological polar surface area (TPSA) is 37.8 Å². The molecule has 0 aliphatic rings. The van der Waals surface area contributed by atoms with Gasteiger partial charge in [0.15, 0.2) is 0 Å². The van der Waals surface area contributed by atoms with E-state index in [1.165, 1.54) is 0 Å². The number of hydrogen-bond donors (Lipinski definition) is 1. The van der Waals surface area contributed by atoms with E-state index in [9.17, 15) is 0 Å². The fourth-order valence-electron chi connectivity index (χ4n) is 2.75. The van der Waals surface area contributed by atoms with Crippen LogP contribution in [0.3, 0.4) is 0 Å². The second-order valence-electron chi connectivity index (χ2n) is 5.44. The van der Waals surface area contributed by atoms with Gasteiger partial charge in [-0.15, -0.1) is 0 Å². The molecule has 20 heavy (non-hydrogen) atoms. The first kappa shape index (κ1) is 14.9. The molecule has 3 nitrogen and oxygen atoms in total. The van der Waals surface area contributed by atoms with Crippen molar-refractivity contribution >= 4 is 11.0 Å². The van der Waals surface area contributed by atoms with Crippen molar-refractivity contribution < 1.29 is 0 Å². The van der Waals surface area contributed by atoms with E-state index in [0.29, 0.717) is 12.0 Å². The summed E-state index contributed by atoms with van der Waals surface area (Å²) in [4.78, 5) is 9.59. The van der Waals surface area contributed by atoms with Crippen LogP contribution in [0.15, 0.2) is 24.3 Å². The average molecular weight is 271 g/mol. The van der Waals surface area contributed by atoms with Crippen molar-refractivity contribution in [3.05, 3.63) is 35.7 Å². The number of aryl methyl sites for hydroxylation is 1. The zero-order valence-corrected chi connectivity index (χ0v) is 13.0. The first-order valence-electron chi connectivity index (χ1n) is 7.64. The number of nitrogens with one attached hydrogen (secondary N) is 1.